The average Bonchev–Trinajstić information content (AvgIpc) is 2.46. The lowest BCUT2D eigenvalue weighted by molar-refractivity contribution is 0.0419. The molecule has 6 heteroatoms. The number of nitrogens with two attached hydrogens (primary N) is 1. The summed E-state index contributed by atoms with van der Waals surface area (Å²) in [7, 11) is 0. The van der Waals surface area contributed by atoms with Crippen LogP contribution in [0.4, 0.5) is 5.69 Å². The van der Waals surface area contributed by atoms with E-state index in [-0.39, 0.29) is 30.1 Å². The van der Waals surface area contributed by atoms with E-state index in [0.717, 1.165) is 11.4 Å². The highest BCUT2D eigenvalue weighted by Crippen LogP contribution is 2.17. The van der Waals surface area contributed by atoms with Crippen LogP contribution in [0, 0.1) is 0 Å². The second-order valence-electron chi connectivity index (χ2n) is 5.45. The number of nitrogens with zero attached hydrogens (tertiary/aromatic N) is 1. The van der Waals surface area contributed by atoms with Crippen molar-refractivity contribution in [3.05, 3.63) is 24.3 Å². The first kappa shape index (κ1) is 21.0. The minimum absolute atomic E-state index is 0. The van der Waals surface area contributed by atoms with Crippen molar-refractivity contribution in [3.8, 4) is 5.75 Å². The number of halogens is 1. The minimum Gasteiger partial charge on any atom is -0.491 e. The van der Waals surface area contributed by atoms with Crippen LogP contribution in [0.15, 0.2) is 29.3 Å². The van der Waals surface area contributed by atoms with Gasteiger partial charge in [-0.3, -0.25) is 4.99 Å². The Bertz CT molecular complexity index is 457. The SMILES string of the molecule is CCC(O)(CC)CN=C(N)Nc1ccc(OC(C)C)cc1.I. The first-order valence-corrected chi connectivity index (χ1v) is 7.44. The number of hydrogen-bond acceptors (Lipinski definition) is 3. The molecule has 0 bridgehead atoms. The van der Waals surface area contributed by atoms with E-state index in [0.29, 0.717) is 25.3 Å². The first-order chi connectivity index (χ1) is 9.88. The van der Waals surface area contributed by atoms with Gasteiger partial charge in [0.2, 0.25) is 0 Å². The Kier molecular flexibility index (Phi) is 9.43. The minimum atomic E-state index is -0.777. The fourth-order valence-corrected chi connectivity index (χ4v) is 1.78. The summed E-state index contributed by atoms with van der Waals surface area (Å²) in [5.41, 5.74) is 5.90. The van der Waals surface area contributed by atoms with E-state index in [1.165, 1.54) is 0 Å². The third-order valence-electron chi connectivity index (χ3n) is 3.36. The van der Waals surface area contributed by atoms with E-state index in [9.17, 15) is 5.11 Å². The summed E-state index contributed by atoms with van der Waals surface area (Å²) in [5.74, 6) is 1.12. The van der Waals surface area contributed by atoms with Crippen molar-refractivity contribution in [2.24, 2.45) is 10.7 Å². The molecule has 0 spiro atoms. The highest BCUT2D eigenvalue weighted by molar-refractivity contribution is 14.0. The van der Waals surface area contributed by atoms with Crippen LogP contribution in [0.2, 0.25) is 0 Å². The van der Waals surface area contributed by atoms with Gasteiger partial charge in [0, 0.05) is 5.69 Å². The van der Waals surface area contributed by atoms with E-state index < -0.39 is 5.60 Å². The van der Waals surface area contributed by atoms with Gasteiger partial charge in [-0.2, -0.15) is 0 Å². The molecular formula is C16H28IN3O2. The van der Waals surface area contributed by atoms with Gasteiger partial charge in [-0.25, -0.2) is 0 Å². The van der Waals surface area contributed by atoms with Crippen LogP contribution in [0.1, 0.15) is 40.5 Å². The van der Waals surface area contributed by atoms with Crippen molar-refractivity contribution in [2.75, 3.05) is 11.9 Å². The summed E-state index contributed by atoms with van der Waals surface area (Å²) in [6.45, 7) is 8.15. The molecular weight excluding hydrogens is 393 g/mol. The predicted octanol–water partition coefficient (Wildman–Crippen LogP) is 3.37. The lowest BCUT2D eigenvalue weighted by Gasteiger charge is -2.22. The molecule has 0 atom stereocenters. The zero-order valence-electron chi connectivity index (χ0n) is 13.8. The molecule has 0 heterocycles. The summed E-state index contributed by atoms with van der Waals surface area (Å²) >= 11 is 0. The lowest BCUT2D eigenvalue weighted by atomic mass is 9.98. The Labute approximate surface area is 150 Å². The van der Waals surface area contributed by atoms with Crippen LogP contribution in [-0.4, -0.2) is 29.3 Å². The summed E-state index contributed by atoms with van der Waals surface area (Å²) in [5, 5.41) is 13.2. The zero-order chi connectivity index (χ0) is 15.9. The molecule has 0 aromatic heterocycles. The Hall–Kier alpha value is -1.02. The molecule has 0 aliphatic rings. The summed E-state index contributed by atoms with van der Waals surface area (Å²) in [6.07, 6.45) is 1.46. The number of ether oxygens (including phenoxy) is 1. The maximum atomic E-state index is 10.2. The number of anilines is 1. The molecule has 5 nitrogen and oxygen atoms in total. The molecule has 0 radical (unpaired) electrons. The van der Waals surface area contributed by atoms with E-state index in [1.807, 2.05) is 52.0 Å². The molecule has 0 aliphatic carbocycles. The van der Waals surface area contributed by atoms with E-state index >= 15 is 0 Å². The third-order valence-corrected chi connectivity index (χ3v) is 3.36. The van der Waals surface area contributed by atoms with Gasteiger partial charge in [0.05, 0.1) is 18.2 Å². The van der Waals surface area contributed by atoms with Crippen molar-refractivity contribution in [1.82, 2.24) is 0 Å². The second-order valence-corrected chi connectivity index (χ2v) is 5.45. The van der Waals surface area contributed by atoms with Crippen LogP contribution in [-0.2, 0) is 0 Å². The number of aliphatic hydroxyl groups is 1. The highest BCUT2D eigenvalue weighted by Gasteiger charge is 2.21. The molecule has 0 aliphatic heterocycles. The highest BCUT2D eigenvalue weighted by atomic mass is 127. The average molecular weight is 421 g/mol. The van der Waals surface area contributed by atoms with Crippen molar-refractivity contribution < 1.29 is 9.84 Å². The van der Waals surface area contributed by atoms with Gasteiger partial charge in [-0.05, 0) is 51.0 Å². The molecule has 0 saturated heterocycles. The maximum Gasteiger partial charge on any atom is 0.193 e. The summed E-state index contributed by atoms with van der Waals surface area (Å²) in [4.78, 5) is 4.21. The molecule has 22 heavy (non-hydrogen) atoms. The van der Waals surface area contributed by atoms with Crippen molar-refractivity contribution in [3.63, 3.8) is 0 Å². The van der Waals surface area contributed by atoms with E-state index in [4.69, 9.17) is 10.5 Å². The molecule has 1 rings (SSSR count). The normalized spacial score (nSPS) is 12.0. The Morgan fingerprint density at radius 1 is 1.27 bits per heavy atom. The fourth-order valence-electron chi connectivity index (χ4n) is 1.78. The van der Waals surface area contributed by atoms with Crippen LogP contribution in [0.25, 0.3) is 0 Å². The number of hydrogen-bond donors (Lipinski definition) is 3. The van der Waals surface area contributed by atoms with Gasteiger partial charge in [0.15, 0.2) is 5.96 Å². The number of benzene rings is 1. The van der Waals surface area contributed by atoms with Crippen LogP contribution < -0.4 is 15.8 Å². The smallest absolute Gasteiger partial charge is 0.193 e. The van der Waals surface area contributed by atoms with Crippen molar-refractivity contribution in [1.29, 1.82) is 0 Å². The predicted molar refractivity (Wildman–Crippen MR) is 103 cm³/mol. The van der Waals surface area contributed by atoms with Crippen molar-refractivity contribution in [2.45, 2.75) is 52.2 Å². The van der Waals surface area contributed by atoms with E-state index in [1.54, 1.807) is 0 Å². The molecule has 0 saturated carbocycles. The topological polar surface area (TPSA) is 79.9 Å². The number of guanidine groups is 1. The molecule has 1 aromatic rings. The molecule has 0 unspecified atom stereocenters. The number of aliphatic imine (C=N–C) groups is 1. The second kappa shape index (κ2) is 9.89. The Morgan fingerprint density at radius 2 is 1.82 bits per heavy atom. The number of rotatable bonds is 7. The van der Waals surface area contributed by atoms with Gasteiger partial charge in [0.25, 0.3) is 0 Å². The van der Waals surface area contributed by atoms with Gasteiger partial charge in [-0.1, -0.05) is 13.8 Å². The Morgan fingerprint density at radius 3 is 2.27 bits per heavy atom. The fraction of sp³-hybridized carbons (Fsp3) is 0.562. The van der Waals surface area contributed by atoms with Gasteiger partial charge >= 0.3 is 0 Å². The van der Waals surface area contributed by atoms with E-state index in [2.05, 4.69) is 10.3 Å². The third kappa shape index (κ3) is 7.31. The summed E-state index contributed by atoms with van der Waals surface area (Å²) in [6, 6.07) is 7.52. The quantitative estimate of drug-likeness (QED) is 0.358. The molecule has 0 amide bonds. The van der Waals surface area contributed by atoms with Crippen molar-refractivity contribution >= 4 is 35.6 Å². The van der Waals surface area contributed by atoms with Crippen LogP contribution >= 0.6 is 24.0 Å². The largest absolute Gasteiger partial charge is 0.491 e. The number of nitrogens with one attached hydrogen (secondary N) is 1. The summed E-state index contributed by atoms with van der Waals surface area (Å²) < 4.78 is 5.57. The lowest BCUT2D eigenvalue weighted by Crippen LogP contribution is -2.33. The molecule has 126 valence electrons. The zero-order valence-corrected chi connectivity index (χ0v) is 16.1. The van der Waals surface area contributed by atoms with Crippen LogP contribution in [0.5, 0.6) is 5.75 Å². The van der Waals surface area contributed by atoms with Gasteiger partial charge in [0.1, 0.15) is 5.75 Å². The molecule has 1 aromatic carbocycles. The van der Waals surface area contributed by atoms with Gasteiger partial charge < -0.3 is 20.9 Å². The van der Waals surface area contributed by atoms with Gasteiger partial charge in [-0.15, -0.1) is 24.0 Å². The molecule has 0 fully saturated rings. The van der Waals surface area contributed by atoms with Crippen LogP contribution in [0.3, 0.4) is 0 Å². The Balaban J connectivity index is 0.00000441. The first-order valence-electron chi connectivity index (χ1n) is 7.44. The standard InChI is InChI=1S/C16H27N3O2.HI/c1-5-16(20,6-2)11-18-15(17)19-13-7-9-14(10-8-13)21-12(3)4;/h7-10,12,20H,5-6,11H2,1-4H3,(H3,17,18,19);1H. The molecule has 4 N–H and O–H groups in total. The maximum absolute atomic E-state index is 10.2. The monoisotopic (exact) mass is 421 g/mol.